The second kappa shape index (κ2) is 10.6. The molecule has 0 radical (unpaired) electrons. The molecule has 4 aromatic rings. The zero-order chi connectivity index (χ0) is 23.9. The smallest absolute Gasteiger partial charge is 0.214 e. The molecule has 172 valence electrons. The van der Waals surface area contributed by atoms with Gasteiger partial charge in [0.05, 0.1) is 12.7 Å². The number of nitrogens with zero attached hydrogens (tertiary/aromatic N) is 4. The largest absolute Gasteiger partial charge is 0.368 e. The zero-order valence-electron chi connectivity index (χ0n) is 18.6. The molecule has 0 aliphatic heterocycles. The average Bonchev–Trinajstić information content (AvgIpc) is 2.85. The van der Waals surface area contributed by atoms with Crippen LogP contribution < -0.4 is 10.2 Å². The molecule has 2 heterocycles. The van der Waals surface area contributed by atoms with Crippen molar-refractivity contribution in [3.63, 3.8) is 0 Å². The summed E-state index contributed by atoms with van der Waals surface area (Å²) < 4.78 is 27.2. The average molecular weight is 460 g/mol. The highest BCUT2D eigenvalue weighted by atomic mass is 19.2. The Morgan fingerprint density at radius 2 is 1.82 bits per heavy atom. The molecule has 0 aliphatic carbocycles. The first-order chi connectivity index (χ1) is 16.5. The number of hydrogen-bond acceptors (Lipinski definition) is 5. The van der Waals surface area contributed by atoms with Crippen LogP contribution in [0.25, 0.3) is 11.4 Å². The van der Waals surface area contributed by atoms with Gasteiger partial charge in [-0.3, -0.25) is 9.78 Å². The van der Waals surface area contributed by atoms with E-state index in [4.69, 9.17) is 0 Å². The van der Waals surface area contributed by atoms with Gasteiger partial charge in [0.25, 0.3) is 0 Å². The summed E-state index contributed by atoms with van der Waals surface area (Å²) in [6.45, 7) is 2.88. The van der Waals surface area contributed by atoms with E-state index < -0.39 is 11.6 Å². The number of aromatic nitrogens is 3. The van der Waals surface area contributed by atoms with Crippen molar-refractivity contribution >= 4 is 17.9 Å². The maximum Gasteiger partial charge on any atom is 0.214 e. The lowest BCUT2D eigenvalue weighted by atomic mass is 10.1. The summed E-state index contributed by atoms with van der Waals surface area (Å²) in [5.41, 5.74) is 4.03. The Morgan fingerprint density at radius 3 is 2.56 bits per heavy atom. The highest BCUT2D eigenvalue weighted by Crippen LogP contribution is 2.27. The number of amides is 1. The minimum Gasteiger partial charge on any atom is -0.368 e. The van der Waals surface area contributed by atoms with Crippen LogP contribution in [-0.2, 0) is 17.8 Å². The van der Waals surface area contributed by atoms with Crippen molar-refractivity contribution in [1.29, 1.82) is 0 Å². The highest BCUT2D eigenvalue weighted by molar-refractivity contribution is 5.82. The van der Waals surface area contributed by atoms with Gasteiger partial charge in [-0.1, -0.05) is 29.8 Å². The van der Waals surface area contributed by atoms with E-state index in [1.807, 2.05) is 37.3 Å². The fourth-order valence-corrected chi connectivity index (χ4v) is 3.55. The maximum atomic E-state index is 13.8. The summed E-state index contributed by atoms with van der Waals surface area (Å²) in [5, 5.41) is 3.29. The van der Waals surface area contributed by atoms with Crippen molar-refractivity contribution in [2.75, 3.05) is 16.8 Å². The molecular formula is C26H23F2N5O. The van der Waals surface area contributed by atoms with E-state index in [9.17, 15) is 13.6 Å². The zero-order valence-corrected chi connectivity index (χ0v) is 18.6. The third-order valence-corrected chi connectivity index (χ3v) is 5.27. The van der Waals surface area contributed by atoms with Crippen LogP contribution in [0.15, 0.2) is 73.2 Å². The van der Waals surface area contributed by atoms with Crippen molar-refractivity contribution < 1.29 is 13.6 Å². The Balaban J connectivity index is 1.64. The van der Waals surface area contributed by atoms with Gasteiger partial charge in [-0.25, -0.2) is 18.7 Å². The molecule has 2 aromatic carbocycles. The van der Waals surface area contributed by atoms with E-state index in [2.05, 4.69) is 26.3 Å². The van der Waals surface area contributed by atoms with E-state index >= 15 is 0 Å². The SMILES string of the molecule is Cc1cccc(CCNc2nc(-c3ccc(F)c(F)c3)ncc2N(C=O)Cc2ccncc2)c1. The Labute approximate surface area is 196 Å². The van der Waals surface area contributed by atoms with Crippen molar-refractivity contribution in [2.24, 2.45) is 0 Å². The van der Waals surface area contributed by atoms with Crippen LogP contribution in [0, 0.1) is 18.6 Å². The molecule has 0 atom stereocenters. The summed E-state index contributed by atoms with van der Waals surface area (Å²) in [5.74, 6) is -1.29. The molecule has 34 heavy (non-hydrogen) atoms. The first-order valence-corrected chi connectivity index (χ1v) is 10.8. The van der Waals surface area contributed by atoms with Crippen LogP contribution in [0.4, 0.5) is 20.3 Å². The molecule has 0 fully saturated rings. The number of benzene rings is 2. The van der Waals surface area contributed by atoms with Crippen LogP contribution in [-0.4, -0.2) is 27.9 Å². The van der Waals surface area contributed by atoms with Gasteiger partial charge in [0, 0.05) is 24.5 Å². The van der Waals surface area contributed by atoms with E-state index in [1.165, 1.54) is 22.7 Å². The van der Waals surface area contributed by atoms with E-state index in [-0.39, 0.29) is 5.82 Å². The lowest BCUT2D eigenvalue weighted by molar-refractivity contribution is -0.107. The summed E-state index contributed by atoms with van der Waals surface area (Å²) in [6.07, 6.45) is 6.26. The van der Waals surface area contributed by atoms with Gasteiger partial charge in [0.2, 0.25) is 6.41 Å². The molecule has 8 heteroatoms. The Hall–Kier alpha value is -4.20. The number of nitrogens with one attached hydrogen (secondary N) is 1. The molecule has 0 saturated heterocycles. The van der Waals surface area contributed by atoms with Crippen LogP contribution in [0.2, 0.25) is 0 Å². The number of hydrogen-bond donors (Lipinski definition) is 1. The predicted octanol–water partition coefficient (Wildman–Crippen LogP) is 4.94. The fourth-order valence-electron chi connectivity index (χ4n) is 3.55. The molecule has 0 spiro atoms. The van der Waals surface area contributed by atoms with Crippen LogP contribution in [0.5, 0.6) is 0 Å². The van der Waals surface area contributed by atoms with Crippen LogP contribution >= 0.6 is 0 Å². The third-order valence-electron chi connectivity index (χ3n) is 5.27. The molecule has 1 amide bonds. The topological polar surface area (TPSA) is 71.0 Å². The summed E-state index contributed by atoms with van der Waals surface area (Å²) in [4.78, 5) is 26.3. The second-order valence-electron chi connectivity index (χ2n) is 7.81. The van der Waals surface area contributed by atoms with Crippen molar-refractivity contribution in [1.82, 2.24) is 15.0 Å². The third kappa shape index (κ3) is 5.58. The predicted molar refractivity (Wildman–Crippen MR) is 127 cm³/mol. The first-order valence-electron chi connectivity index (χ1n) is 10.8. The molecule has 0 bridgehead atoms. The normalized spacial score (nSPS) is 10.7. The molecular weight excluding hydrogens is 436 g/mol. The number of anilines is 2. The molecule has 4 rings (SSSR count). The first kappa shape index (κ1) is 23.0. The molecule has 1 N–H and O–H groups in total. The summed E-state index contributed by atoms with van der Waals surface area (Å²) >= 11 is 0. The van der Waals surface area contributed by atoms with Gasteiger partial charge in [0.15, 0.2) is 23.3 Å². The Bertz CT molecular complexity index is 1280. The van der Waals surface area contributed by atoms with Gasteiger partial charge in [-0.15, -0.1) is 0 Å². The van der Waals surface area contributed by atoms with Crippen molar-refractivity contribution in [3.8, 4) is 11.4 Å². The maximum absolute atomic E-state index is 13.8. The Morgan fingerprint density at radius 1 is 1.00 bits per heavy atom. The van der Waals surface area contributed by atoms with Gasteiger partial charge in [-0.05, 0) is 54.8 Å². The highest BCUT2D eigenvalue weighted by Gasteiger charge is 2.16. The van der Waals surface area contributed by atoms with Gasteiger partial charge in [-0.2, -0.15) is 0 Å². The van der Waals surface area contributed by atoms with Crippen molar-refractivity contribution in [3.05, 3.63) is 102 Å². The monoisotopic (exact) mass is 459 g/mol. The number of aryl methyl sites for hydroxylation is 1. The standard InChI is InChI=1S/C26H23F2N5O/c1-18-3-2-4-19(13-18)9-12-30-26-24(33(17-34)16-20-7-10-29-11-8-20)15-31-25(32-26)21-5-6-22(27)23(28)14-21/h2-8,10-11,13-15,17H,9,12,16H2,1H3,(H,30,31,32). The summed E-state index contributed by atoms with van der Waals surface area (Å²) in [7, 11) is 0. The van der Waals surface area contributed by atoms with Crippen LogP contribution in [0.3, 0.4) is 0 Å². The fraction of sp³-hybridized carbons (Fsp3) is 0.154. The number of carbonyl (C=O) groups is 1. The Kier molecular flexibility index (Phi) is 7.17. The number of carbonyl (C=O) groups excluding carboxylic acids is 1. The van der Waals surface area contributed by atoms with Gasteiger partial charge >= 0.3 is 0 Å². The van der Waals surface area contributed by atoms with Gasteiger partial charge < -0.3 is 10.2 Å². The number of rotatable bonds is 9. The van der Waals surface area contributed by atoms with Crippen LogP contribution in [0.1, 0.15) is 16.7 Å². The molecule has 2 aromatic heterocycles. The van der Waals surface area contributed by atoms with E-state index in [1.54, 1.807) is 12.4 Å². The van der Waals surface area contributed by atoms with E-state index in [0.29, 0.717) is 36.6 Å². The van der Waals surface area contributed by atoms with E-state index in [0.717, 1.165) is 29.7 Å². The quantitative estimate of drug-likeness (QED) is 0.359. The minimum absolute atomic E-state index is 0.218. The second-order valence-corrected chi connectivity index (χ2v) is 7.81. The summed E-state index contributed by atoms with van der Waals surface area (Å²) in [6, 6.07) is 15.3. The number of halogens is 2. The molecule has 0 unspecified atom stereocenters. The molecule has 0 saturated carbocycles. The molecule has 6 nitrogen and oxygen atoms in total. The minimum atomic E-state index is -0.980. The molecule has 0 aliphatic rings. The lowest BCUT2D eigenvalue weighted by Gasteiger charge is -2.21. The number of pyridine rings is 1. The van der Waals surface area contributed by atoms with Crippen molar-refractivity contribution in [2.45, 2.75) is 19.9 Å². The van der Waals surface area contributed by atoms with Gasteiger partial charge in [0.1, 0.15) is 5.69 Å². The lowest BCUT2D eigenvalue weighted by Crippen LogP contribution is -2.23.